The van der Waals surface area contributed by atoms with Gasteiger partial charge in [0.1, 0.15) is 11.5 Å². The van der Waals surface area contributed by atoms with Crippen molar-refractivity contribution in [2.45, 2.75) is 13.3 Å². The molecule has 0 unspecified atom stereocenters. The van der Waals surface area contributed by atoms with E-state index in [2.05, 4.69) is 22.2 Å². The minimum Gasteiger partial charge on any atom is -0.369 e. The van der Waals surface area contributed by atoms with Gasteiger partial charge in [-0.2, -0.15) is 0 Å². The van der Waals surface area contributed by atoms with Crippen molar-refractivity contribution < 1.29 is 0 Å². The molecule has 0 saturated carbocycles. The van der Waals surface area contributed by atoms with Crippen LogP contribution in [0.3, 0.4) is 0 Å². The van der Waals surface area contributed by atoms with Gasteiger partial charge in [-0.15, -0.1) is 11.3 Å². The van der Waals surface area contributed by atoms with Gasteiger partial charge in [0.05, 0.1) is 22.3 Å². The first kappa shape index (κ1) is 11.4. The Labute approximate surface area is 104 Å². The summed E-state index contributed by atoms with van der Waals surface area (Å²) in [4.78, 5) is 9.59. The summed E-state index contributed by atoms with van der Waals surface area (Å²) in [6, 6.07) is 1.87. The average molecular weight is 254 g/mol. The van der Waals surface area contributed by atoms with Crippen molar-refractivity contribution in [1.82, 2.24) is 9.97 Å². The highest BCUT2D eigenvalue weighted by Crippen LogP contribution is 2.31. The molecule has 2 heterocycles. The Morgan fingerprint density at radius 2 is 2.31 bits per heavy atom. The second-order valence-corrected chi connectivity index (χ2v) is 4.64. The Hall–Kier alpha value is -1.13. The zero-order valence-corrected chi connectivity index (χ0v) is 10.5. The lowest BCUT2D eigenvalue weighted by Crippen LogP contribution is -2.02. The van der Waals surface area contributed by atoms with E-state index in [0.717, 1.165) is 34.4 Å². The predicted molar refractivity (Wildman–Crippen MR) is 69.1 cm³/mol. The van der Waals surface area contributed by atoms with E-state index in [1.807, 2.05) is 11.4 Å². The quantitative estimate of drug-likeness (QED) is 0.903. The number of rotatable bonds is 4. The third-order valence-corrected chi connectivity index (χ3v) is 3.40. The van der Waals surface area contributed by atoms with E-state index >= 15 is 0 Å². The van der Waals surface area contributed by atoms with Crippen LogP contribution in [0.15, 0.2) is 23.8 Å². The Balaban J connectivity index is 2.26. The average Bonchev–Trinajstić information content (AvgIpc) is 2.73. The number of nitrogens with zero attached hydrogens (tertiary/aromatic N) is 2. The van der Waals surface area contributed by atoms with Crippen LogP contribution in [0.5, 0.6) is 0 Å². The molecule has 0 spiro atoms. The minimum absolute atomic E-state index is 0.729. The molecule has 1 N–H and O–H groups in total. The van der Waals surface area contributed by atoms with Crippen LogP contribution in [0.2, 0.25) is 5.02 Å². The lowest BCUT2D eigenvalue weighted by molar-refractivity contribution is 0.965. The Morgan fingerprint density at radius 1 is 1.44 bits per heavy atom. The number of aromatic nitrogens is 2. The van der Waals surface area contributed by atoms with Crippen molar-refractivity contribution in [3.63, 3.8) is 0 Å². The van der Waals surface area contributed by atoms with Crippen molar-refractivity contribution in [3.8, 4) is 10.6 Å². The zero-order valence-electron chi connectivity index (χ0n) is 8.90. The maximum atomic E-state index is 6.05. The van der Waals surface area contributed by atoms with E-state index in [4.69, 9.17) is 11.6 Å². The molecule has 0 aliphatic rings. The van der Waals surface area contributed by atoms with Crippen LogP contribution in [0.1, 0.15) is 13.3 Å². The fraction of sp³-hybridized carbons (Fsp3) is 0.273. The third-order valence-electron chi connectivity index (χ3n) is 2.04. The van der Waals surface area contributed by atoms with Gasteiger partial charge in [0.25, 0.3) is 0 Å². The summed E-state index contributed by atoms with van der Waals surface area (Å²) in [5, 5.41) is 5.88. The maximum absolute atomic E-state index is 6.05. The molecule has 2 rings (SSSR count). The summed E-state index contributed by atoms with van der Waals surface area (Å²) in [5.74, 6) is 0.795. The molecule has 0 fully saturated rings. The van der Waals surface area contributed by atoms with Gasteiger partial charge >= 0.3 is 0 Å². The summed E-state index contributed by atoms with van der Waals surface area (Å²) in [6.45, 7) is 3.01. The topological polar surface area (TPSA) is 37.8 Å². The predicted octanol–water partition coefficient (Wildman–Crippen LogP) is 3.68. The van der Waals surface area contributed by atoms with Crippen LogP contribution in [-0.2, 0) is 0 Å². The van der Waals surface area contributed by atoms with Gasteiger partial charge in [0, 0.05) is 6.54 Å². The minimum atomic E-state index is 0.729. The second kappa shape index (κ2) is 5.27. The Morgan fingerprint density at radius 3 is 3.00 bits per heavy atom. The van der Waals surface area contributed by atoms with Crippen molar-refractivity contribution in [3.05, 3.63) is 28.9 Å². The molecule has 84 valence electrons. The van der Waals surface area contributed by atoms with Crippen molar-refractivity contribution in [2.24, 2.45) is 0 Å². The largest absolute Gasteiger partial charge is 0.369 e. The number of anilines is 1. The highest BCUT2D eigenvalue weighted by molar-refractivity contribution is 7.14. The molecule has 2 aromatic heterocycles. The molecule has 0 aliphatic carbocycles. The fourth-order valence-electron chi connectivity index (χ4n) is 1.29. The first-order valence-electron chi connectivity index (χ1n) is 5.10. The van der Waals surface area contributed by atoms with Crippen molar-refractivity contribution >= 4 is 28.8 Å². The summed E-state index contributed by atoms with van der Waals surface area (Å²) in [6.07, 6.45) is 4.52. The molecule has 16 heavy (non-hydrogen) atoms. The molecule has 0 radical (unpaired) electrons. The lowest BCUT2D eigenvalue weighted by atomic mass is 10.3. The normalized spacial score (nSPS) is 10.4. The van der Waals surface area contributed by atoms with Crippen LogP contribution >= 0.6 is 22.9 Å². The van der Waals surface area contributed by atoms with Crippen LogP contribution in [0, 0.1) is 0 Å². The molecule has 0 saturated heterocycles. The van der Waals surface area contributed by atoms with Crippen molar-refractivity contribution in [2.75, 3.05) is 11.9 Å². The molecule has 0 aromatic carbocycles. The Kier molecular flexibility index (Phi) is 3.74. The van der Waals surface area contributed by atoms with Gasteiger partial charge in [0.2, 0.25) is 0 Å². The first-order valence-corrected chi connectivity index (χ1v) is 6.36. The van der Waals surface area contributed by atoms with Crippen LogP contribution < -0.4 is 5.32 Å². The first-order chi connectivity index (χ1) is 7.81. The molecule has 0 amide bonds. The van der Waals surface area contributed by atoms with E-state index < -0.39 is 0 Å². The van der Waals surface area contributed by atoms with E-state index in [0.29, 0.717) is 0 Å². The number of halogens is 1. The van der Waals surface area contributed by atoms with Crippen LogP contribution in [0.4, 0.5) is 5.82 Å². The molecule has 0 atom stereocenters. The van der Waals surface area contributed by atoms with Gasteiger partial charge in [0.15, 0.2) is 0 Å². The molecular formula is C11H12ClN3S. The smallest absolute Gasteiger partial charge is 0.145 e. The van der Waals surface area contributed by atoms with Gasteiger partial charge in [-0.05, 0) is 17.9 Å². The monoisotopic (exact) mass is 253 g/mol. The number of nitrogens with one attached hydrogen (secondary N) is 1. The van der Waals surface area contributed by atoms with E-state index in [1.165, 1.54) is 0 Å². The maximum Gasteiger partial charge on any atom is 0.145 e. The van der Waals surface area contributed by atoms with Gasteiger partial charge in [-0.1, -0.05) is 18.5 Å². The molecule has 2 aromatic rings. The highest BCUT2D eigenvalue weighted by atomic mass is 35.5. The van der Waals surface area contributed by atoms with Crippen LogP contribution in [0.25, 0.3) is 10.6 Å². The number of hydrogen-bond donors (Lipinski definition) is 1. The number of hydrogen-bond acceptors (Lipinski definition) is 4. The van der Waals surface area contributed by atoms with Crippen molar-refractivity contribution in [1.29, 1.82) is 0 Å². The summed E-state index contributed by atoms with van der Waals surface area (Å²) in [7, 11) is 0. The standard InChI is InChI=1S/C11H12ClN3S/c1-2-4-14-10-7-13-6-9(15-10)11-8(12)3-5-16-11/h3,5-7H,2,4H2,1H3,(H,14,15). The Bertz CT molecular complexity index is 470. The zero-order chi connectivity index (χ0) is 11.4. The fourth-order valence-corrected chi connectivity index (χ4v) is 2.40. The molecular weight excluding hydrogens is 242 g/mol. The summed E-state index contributed by atoms with van der Waals surface area (Å²) < 4.78 is 0. The van der Waals surface area contributed by atoms with E-state index in [9.17, 15) is 0 Å². The van der Waals surface area contributed by atoms with E-state index in [-0.39, 0.29) is 0 Å². The van der Waals surface area contributed by atoms with Crippen LogP contribution in [-0.4, -0.2) is 16.5 Å². The second-order valence-electron chi connectivity index (χ2n) is 3.31. The summed E-state index contributed by atoms with van der Waals surface area (Å²) >= 11 is 7.63. The molecule has 0 bridgehead atoms. The highest BCUT2D eigenvalue weighted by Gasteiger charge is 2.07. The number of thiophene rings is 1. The third kappa shape index (κ3) is 2.51. The van der Waals surface area contributed by atoms with Gasteiger partial charge < -0.3 is 5.32 Å². The molecule has 5 heteroatoms. The lowest BCUT2D eigenvalue weighted by Gasteiger charge is -2.04. The molecule has 0 aliphatic heterocycles. The SMILES string of the molecule is CCCNc1cncc(-c2sccc2Cl)n1. The van der Waals surface area contributed by atoms with Gasteiger partial charge in [-0.3, -0.25) is 4.98 Å². The summed E-state index contributed by atoms with van der Waals surface area (Å²) in [5.41, 5.74) is 0.820. The van der Waals surface area contributed by atoms with Gasteiger partial charge in [-0.25, -0.2) is 4.98 Å². The molecule has 3 nitrogen and oxygen atoms in total. The van der Waals surface area contributed by atoms with E-state index in [1.54, 1.807) is 23.7 Å².